The molecule has 12 heteroatoms. The van der Waals surface area contributed by atoms with Crippen LogP contribution < -0.4 is 19.9 Å². The number of sulfonamides is 1. The number of ether oxygens (including phenoxy) is 3. The topological polar surface area (TPSA) is 119 Å². The van der Waals surface area contributed by atoms with Crippen molar-refractivity contribution in [2.75, 3.05) is 24.5 Å². The van der Waals surface area contributed by atoms with Gasteiger partial charge in [-0.05, 0) is 24.6 Å². The maximum absolute atomic E-state index is 13.0. The lowest BCUT2D eigenvalue weighted by atomic mass is 10.1. The molecule has 2 aromatic heterocycles. The van der Waals surface area contributed by atoms with E-state index < -0.39 is 10.0 Å². The fourth-order valence-corrected chi connectivity index (χ4v) is 5.14. The van der Waals surface area contributed by atoms with Crippen LogP contribution >= 0.6 is 0 Å². The van der Waals surface area contributed by atoms with Crippen LogP contribution in [0, 0.1) is 5.92 Å². The average molecular weight is 514 g/mol. The first-order valence-corrected chi connectivity index (χ1v) is 12.9. The predicted molar refractivity (Wildman–Crippen MR) is 133 cm³/mol. The summed E-state index contributed by atoms with van der Waals surface area (Å²) in [6.45, 7) is 1.97. The standard InChI is InChI=1S/C24H27N5O6S/c1-27-12-23(25-15-27)36(31,32)26-19-10-20-21(29(3)24(30)28(20)2)11-22(19)35-18-6-4-5-17(9-18)34-14-16-7-8-33-13-16/h4-6,9-12,15-16,26H,7-8,13-14H2,1-3H3/t16-/m0/s1. The zero-order valence-corrected chi connectivity index (χ0v) is 21.0. The van der Waals surface area contributed by atoms with Gasteiger partial charge in [0.15, 0.2) is 10.8 Å². The third-order valence-corrected chi connectivity index (χ3v) is 7.37. The lowest BCUT2D eigenvalue weighted by Gasteiger charge is -2.15. The number of imidazole rings is 2. The van der Waals surface area contributed by atoms with Crippen LogP contribution in [0.2, 0.25) is 0 Å². The molecule has 0 radical (unpaired) electrons. The summed E-state index contributed by atoms with van der Waals surface area (Å²) in [6.07, 6.45) is 3.76. The third kappa shape index (κ3) is 4.69. The first kappa shape index (κ1) is 23.9. The molecular formula is C24H27N5O6S. The summed E-state index contributed by atoms with van der Waals surface area (Å²) in [4.78, 5) is 16.5. The molecule has 0 unspecified atom stereocenters. The highest BCUT2D eigenvalue weighted by atomic mass is 32.2. The van der Waals surface area contributed by atoms with E-state index in [9.17, 15) is 13.2 Å². The van der Waals surface area contributed by atoms with Crippen molar-refractivity contribution in [3.8, 4) is 17.2 Å². The SMILES string of the molecule is Cn1cnc(S(=O)(=O)Nc2cc3c(cc2Oc2cccc(OC[C@H]4CCOC4)c2)n(C)c(=O)n3C)c1. The van der Waals surface area contributed by atoms with Gasteiger partial charge in [0.05, 0.1) is 36.3 Å². The number of hydrogen-bond acceptors (Lipinski definition) is 7. The minimum absolute atomic E-state index is 0.135. The second-order valence-corrected chi connectivity index (χ2v) is 10.5. The number of nitrogens with zero attached hydrogens (tertiary/aromatic N) is 4. The first-order chi connectivity index (χ1) is 17.2. The van der Waals surface area contributed by atoms with Crippen molar-refractivity contribution in [1.82, 2.24) is 18.7 Å². The van der Waals surface area contributed by atoms with E-state index in [0.717, 1.165) is 13.0 Å². The minimum Gasteiger partial charge on any atom is -0.493 e. The molecule has 1 aliphatic heterocycles. The van der Waals surface area contributed by atoms with Gasteiger partial charge in [0, 0.05) is 52.0 Å². The molecule has 2 aromatic carbocycles. The fourth-order valence-electron chi connectivity index (χ4n) is 4.10. The summed E-state index contributed by atoms with van der Waals surface area (Å²) in [7, 11) is 0.940. The molecule has 0 spiro atoms. The molecule has 1 saturated heterocycles. The molecule has 0 bridgehead atoms. The molecular weight excluding hydrogens is 486 g/mol. The highest BCUT2D eigenvalue weighted by molar-refractivity contribution is 7.92. The Balaban J connectivity index is 1.50. The number of nitrogens with one attached hydrogen (secondary N) is 1. The highest BCUT2D eigenvalue weighted by Gasteiger charge is 2.22. The second kappa shape index (κ2) is 9.36. The number of hydrogen-bond donors (Lipinski definition) is 1. The van der Waals surface area contributed by atoms with Crippen molar-refractivity contribution < 1.29 is 22.6 Å². The molecule has 0 aliphatic carbocycles. The van der Waals surface area contributed by atoms with E-state index in [2.05, 4.69) is 9.71 Å². The van der Waals surface area contributed by atoms with Crippen LogP contribution in [-0.4, -0.2) is 46.9 Å². The number of rotatable bonds is 8. The van der Waals surface area contributed by atoms with Crippen LogP contribution in [0.25, 0.3) is 11.0 Å². The predicted octanol–water partition coefficient (Wildman–Crippen LogP) is 2.62. The second-order valence-electron chi connectivity index (χ2n) is 8.84. The molecule has 5 rings (SSSR count). The summed E-state index contributed by atoms with van der Waals surface area (Å²) in [5.74, 6) is 1.66. The van der Waals surface area contributed by atoms with Crippen molar-refractivity contribution in [2.45, 2.75) is 11.4 Å². The molecule has 4 aromatic rings. The summed E-state index contributed by atoms with van der Waals surface area (Å²) in [6, 6.07) is 10.3. The molecule has 36 heavy (non-hydrogen) atoms. The van der Waals surface area contributed by atoms with Crippen LogP contribution in [0.1, 0.15) is 6.42 Å². The number of aryl methyl sites for hydroxylation is 3. The van der Waals surface area contributed by atoms with Gasteiger partial charge in [0.25, 0.3) is 10.0 Å². The Bertz CT molecular complexity index is 1580. The Kier molecular flexibility index (Phi) is 6.22. The van der Waals surface area contributed by atoms with Crippen LogP contribution in [0.5, 0.6) is 17.2 Å². The molecule has 3 heterocycles. The fraction of sp³-hybridized carbons (Fsp3) is 0.333. The Morgan fingerprint density at radius 2 is 1.86 bits per heavy atom. The maximum Gasteiger partial charge on any atom is 0.328 e. The first-order valence-electron chi connectivity index (χ1n) is 11.4. The molecule has 11 nitrogen and oxygen atoms in total. The largest absolute Gasteiger partial charge is 0.493 e. The number of fused-ring (bicyclic) bond motifs is 1. The summed E-state index contributed by atoms with van der Waals surface area (Å²) in [5.41, 5.74) is 1.06. The van der Waals surface area contributed by atoms with E-state index in [1.54, 1.807) is 56.0 Å². The Hall–Kier alpha value is -3.77. The van der Waals surface area contributed by atoms with Crippen LogP contribution in [0.15, 0.2) is 58.7 Å². The van der Waals surface area contributed by atoms with E-state index in [1.807, 2.05) is 6.07 Å². The Morgan fingerprint density at radius 3 is 2.56 bits per heavy atom. The molecule has 0 saturated carbocycles. The number of anilines is 1. The van der Waals surface area contributed by atoms with Gasteiger partial charge < -0.3 is 18.8 Å². The Morgan fingerprint density at radius 1 is 1.11 bits per heavy atom. The maximum atomic E-state index is 13.0. The van der Waals surface area contributed by atoms with E-state index in [1.165, 1.54) is 21.7 Å². The van der Waals surface area contributed by atoms with Crippen molar-refractivity contribution in [2.24, 2.45) is 27.1 Å². The molecule has 1 atom stereocenters. The smallest absolute Gasteiger partial charge is 0.328 e. The zero-order valence-electron chi connectivity index (χ0n) is 20.2. The van der Waals surface area contributed by atoms with Crippen molar-refractivity contribution in [1.29, 1.82) is 0 Å². The Labute approximate surface area is 207 Å². The van der Waals surface area contributed by atoms with Gasteiger partial charge in [-0.3, -0.25) is 13.9 Å². The van der Waals surface area contributed by atoms with Gasteiger partial charge in [0.2, 0.25) is 0 Å². The lowest BCUT2D eigenvalue weighted by Crippen LogP contribution is -2.19. The molecule has 1 aliphatic rings. The van der Waals surface area contributed by atoms with E-state index in [-0.39, 0.29) is 22.2 Å². The highest BCUT2D eigenvalue weighted by Crippen LogP contribution is 2.36. The number of benzene rings is 2. The summed E-state index contributed by atoms with van der Waals surface area (Å²) < 4.78 is 50.5. The van der Waals surface area contributed by atoms with Gasteiger partial charge in [-0.25, -0.2) is 9.78 Å². The minimum atomic E-state index is -4.01. The monoisotopic (exact) mass is 513 g/mol. The third-order valence-electron chi connectivity index (χ3n) is 6.12. The van der Waals surface area contributed by atoms with E-state index in [4.69, 9.17) is 14.2 Å². The quantitative estimate of drug-likeness (QED) is 0.385. The van der Waals surface area contributed by atoms with Crippen molar-refractivity contribution in [3.63, 3.8) is 0 Å². The zero-order chi connectivity index (χ0) is 25.4. The summed E-state index contributed by atoms with van der Waals surface area (Å²) >= 11 is 0. The summed E-state index contributed by atoms with van der Waals surface area (Å²) in [5, 5.41) is -0.135. The number of aromatic nitrogens is 4. The van der Waals surface area contributed by atoms with Gasteiger partial charge >= 0.3 is 5.69 Å². The van der Waals surface area contributed by atoms with Gasteiger partial charge in [-0.1, -0.05) is 6.07 Å². The van der Waals surface area contributed by atoms with Gasteiger partial charge in [0.1, 0.15) is 11.5 Å². The van der Waals surface area contributed by atoms with Crippen molar-refractivity contribution in [3.05, 3.63) is 59.4 Å². The molecule has 190 valence electrons. The van der Waals surface area contributed by atoms with E-state index >= 15 is 0 Å². The molecule has 0 amide bonds. The van der Waals surface area contributed by atoms with Crippen LogP contribution in [0.4, 0.5) is 5.69 Å². The average Bonchev–Trinajstić information content (AvgIpc) is 3.58. The lowest BCUT2D eigenvalue weighted by molar-refractivity contribution is 0.167. The normalized spacial score (nSPS) is 15.9. The van der Waals surface area contributed by atoms with Crippen LogP contribution in [0.3, 0.4) is 0 Å². The molecule has 1 fully saturated rings. The van der Waals surface area contributed by atoms with Crippen molar-refractivity contribution >= 4 is 26.7 Å². The molecule has 1 N–H and O–H groups in total. The van der Waals surface area contributed by atoms with Gasteiger partial charge in [-0.15, -0.1) is 0 Å². The van der Waals surface area contributed by atoms with Crippen LogP contribution in [-0.2, 0) is 35.9 Å². The van der Waals surface area contributed by atoms with E-state index in [0.29, 0.717) is 41.7 Å². The van der Waals surface area contributed by atoms with Gasteiger partial charge in [-0.2, -0.15) is 8.42 Å².